The van der Waals surface area contributed by atoms with Crippen molar-refractivity contribution in [3.05, 3.63) is 58.8 Å². The zero-order valence-corrected chi connectivity index (χ0v) is 9.70. The van der Waals surface area contributed by atoms with Gasteiger partial charge in [-0.3, -0.25) is 0 Å². The van der Waals surface area contributed by atoms with Crippen LogP contribution < -0.4 is 5.73 Å². The standard InChI is InChI=1S/C14H16N2/c1-10-6-11(2)8-12(7-10)9-13-4-3-5-16-14(13)15/h3-8H,9H2,1-2H3,(H2,15,16). The van der Waals surface area contributed by atoms with Crippen LogP contribution in [0, 0.1) is 13.8 Å². The molecule has 2 nitrogen and oxygen atoms in total. The lowest BCUT2D eigenvalue weighted by Gasteiger charge is -2.06. The van der Waals surface area contributed by atoms with E-state index in [4.69, 9.17) is 5.73 Å². The summed E-state index contributed by atoms with van der Waals surface area (Å²) in [5.41, 5.74) is 10.8. The van der Waals surface area contributed by atoms with E-state index in [0.29, 0.717) is 5.82 Å². The van der Waals surface area contributed by atoms with Crippen LogP contribution in [-0.2, 0) is 6.42 Å². The Balaban J connectivity index is 2.30. The average molecular weight is 212 g/mol. The van der Waals surface area contributed by atoms with Gasteiger partial charge in [-0.2, -0.15) is 0 Å². The van der Waals surface area contributed by atoms with Crippen LogP contribution in [0.2, 0.25) is 0 Å². The molecule has 0 saturated carbocycles. The molecule has 16 heavy (non-hydrogen) atoms. The SMILES string of the molecule is Cc1cc(C)cc(Cc2cccnc2N)c1. The van der Waals surface area contributed by atoms with E-state index < -0.39 is 0 Å². The number of nitrogens with two attached hydrogens (primary N) is 1. The van der Waals surface area contributed by atoms with Crippen molar-refractivity contribution >= 4 is 5.82 Å². The number of benzene rings is 1. The maximum Gasteiger partial charge on any atom is 0.126 e. The van der Waals surface area contributed by atoms with Crippen LogP contribution in [0.25, 0.3) is 0 Å². The summed E-state index contributed by atoms with van der Waals surface area (Å²) in [5.74, 6) is 0.627. The molecule has 82 valence electrons. The molecule has 0 aliphatic rings. The van der Waals surface area contributed by atoms with Gasteiger partial charge in [0.15, 0.2) is 0 Å². The molecule has 0 aliphatic carbocycles. The Morgan fingerprint density at radius 1 is 1.12 bits per heavy atom. The van der Waals surface area contributed by atoms with E-state index in [0.717, 1.165) is 12.0 Å². The number of anilines is 1. The first-order chi connectivity index (χ1) is 7.65. The summed E-state index contributed by atoms with van der Waals surface area (Å²) < 4.78 is 0. The van der Waals surface area contributed by atoms with E-state index in [9.17, 15) is 0 Å². The highest BCUT2D eigenvalue weighted by Gasteiger charge is 2.02. The lowest BCUT2D eigenvalue weighted by Crippen LogP contribution is -1.98. The van der Waals surface area contributed by atoms with Crippen molar-refractivity contribution in [2.75, 3.05) is 5.73 Å². The van der Waals surface area contributed by atoms with Crippen molar-refractivity contribution < 1.29 is 0 Å². The highest BCUT2D eigenvalue weighted by Crippen LogP contribution is 2.16. The summed E-state index contributed by atoms with van der Waals surface area (Å²) in [6.45, 7) is 4.23. The number of rotatable bonds is 2. The molecular weight excluding hydrogens is 196 g/mol. The highest BCUT2D eigenvalue weighted by atomic mass is 14.8. The summed E-state index contributed by atoms with van der Waals surface area (Å²) in [7, 11) is 0. The van der Waals surface area contributed by atoms with Gasteiger partial charge in [-0.25, -0.2) is 4.98 Å². The Labute approximate surface area is 96.1 Å². The molecule has 2 aromatic rings. The minimum Gasteiger partial charge on any atom is -0.383 e. The third-order valence-electron chi connectivity index (χ3n) is 2.60. The summed E-state index contributed by atoms with van der Waals surface area (Å²) in [5, 5.41) is 0. The Morgan fingerprint density at radius 2 is 1.81 bits per heavy atom. The van der Waals surface area contributed by atoms with Crippen molar-refractivity contribution in [1.82, 2.24) is 4.98 Å². The summed E-state index contributed by atoms with van der Waals surface area (Å²) in [4.78, 5) is 4.10. The van der Waals surface area contributed by atoms with Crippen LogP contribution in [0.1, 0.15) is 22.3 Å². The fraction of sp³-hybridized carbons (Fsp3) is 0.214. The van der Waals surface area contributed by atoms with Crippen molar-refractivity contribution in [1.29, 1.82) is 0 Å². The van der Waals surface area contributed by atoms with Crippen LogP contribution in [0.5, 0.6) is 0 Å². The molecule has 0 aliphatic heterocycles. The molecule has 0 unspecified atom stereocenters. The second-order valence-electron chi connectivity index (χ2n) is 4.22. The molecule has 0 radical (unpaired) electrons. The van der Waals surface area contributed by atoms with Gasteiger partial charge in [0.1, 0.15) is 5.82 Å². The Kier molecular flexibility index (Phi) is 2.91. The van der Waals surface area contributed by atoms with Crippen LogP contribution in [0.4, 0.5) is 5.82 Å². The van der Waals surface area contributed by atoms with Gasteiger partial charge >= 0.3 is 0 Å². The van der Waals surface area contributed by atoms with Gasteiger partial charge in [0, 0.05) is 12.6 Å². The normalized spacial score (nSPS) is 10.4. The largest absolute Gasteiger partial charge is 0.383 e. The Hall–Kier alpha value is -1.83. The molecule has 2 rings (SSSR count). The van der Waals surface area contributed by atoms with E-state index in [1.165, 1.54) is 16.7 Å². The van der Waals surface area contributed by atoms with Crippen molar-refractivity contribution in [3.8, 4) is 0 Å². The smallest absolute Gasteiger partial charge is 0.126 e. The summed E-state index contributed by atoms with van der Waals surface area (Å²) >= 11 is 0. The molecule has 1 aromatic carbocycles. The molecule has 1 heterocycles. The first-order valence-electron chi connectivity index (χ1n) is 5.41. The zero-order valence-electron chi connectivity index (χ0n) is 9.70. The molecular formula is C14H16N2. The highest BCUT2D eigenvalue weighted by molar-refractivity contribution is 5.42. The van der Waals surface area contributed by atoms with E-state index >= 15 is 0 Å². The number of hydrogen-bond donors (Lipinski definition) is 1. The first-order valence-corrected chi connectivity index (χ1v) is 5.41. The van der Waals surface area contributed by atoms with E-state index in [-0.39, 0.29) is 0 Å². The number of nitrogen functional groups attached to an aromatic ring is 1. The maximum atomic E-state index is 5.83. The molecule has 1 aromatic heterocycles. The van der Waals surface area contributed by atoms with Gasteiger partial charge in [0.05, 0.1) is 0 Å². The van der Waals surface area contributed by atoms with Crippen LogP contribution in [0.3, 0.4) is 0 Å². The summed E-state index contributed by atoms with van der Waals surface area (Å²) in [6.07, 6.45) is 2.57. The van der Waals surface area contributed by atoms with Crippen LogP contribution in [0.15, 0.2) is 36.5 Å². The van der Waals surface area contributed by atoms with Gasteiger partial charge in [-0.1, -0.05) is 35.4 Å². The second kappa shape index (κ2) is 4.35. The van der Waals surface area contributed by atoms with E-state index in [1.807, 2.05) is 12.1 Å². The monoisotopic (exact) mass is 212 g/mol. The van der Waals surface area contributed by atoms with Gasteiger partial charge in [-0.05, 0) is 31.0 Å². The number of pyridine rings is 1. The van der Waals surface area contributed by atoms with E-state index in [1.54, 1.807) is 6.20 Å². The van der Waals surface area contributed by atoms with E-state index in [2.05, 4.69) is 37.0 Å². The number of hydrogen-bond acceptors (Lipinski definition) is 2. The van der Waals surface area contributed by atoms with Crippen molar-refractivity contribution in [3.63, 3.8) is 0 Å². The molecule has 2 heteroatoms. The van der Waals surface area contributed by atoms with Crippen LogP contribution >= 0.6 is 0 Å². The topological polar surface area (TPSA) is 38.9 Å². The molecule has 0 atom stereocenters. The Bertz CT molecular complexity index is 484. The molecule has 0 spiro atoms. The lowest BCUT2D eigenvalue weighted by atomic mass is 10.0. The minimum absolute atomic E-state index is 0.627. The van der Waals surface area contributed by atoms with Gasteiger partial charge in [-0.15, -0.1) is 0 Å². The average Bonchev–Trinajstić information content (AvgIpc) is 2.20. The molecule has 0 saturated heterocycles. The Morgan fingerprint density at radius 3 is 2.44 bits per heavy atom. The molecule has 0 amide bonds. The predicted molar refractivity (Wildman–Crippen MR) is 67.4 cm³/mol. The quantitative estimate of drug-likeness (QED) is 0.831. The number of nitrogens with zero attached hydrogens (tertiary/aromatic N) is 1. The van der Waals surface area contributed by atoms with Gasteiger partial charge < -0.3 is 5.73 Å². The third-order valence-corrected chi connectivity index (χ3v) is 2.60. The summed E-state index contributed by atoms with van der Waals surface area (Å²) in [6, 6.07) is 10.5. The van der Waals surface area contributed by atoms with Crippen molar-refractivity contribution in [2.24, 2.45) is 0 Å². The van der Waals surface area contributed by atoms with Crippen LogP contribution in [-0.4, -0.2) is 4.98 Å². The number of aryl methyl sites for hydroxylation is 2. The maximum absolute atomic E-state index is 5.83. The third kappa shape index (κ3) is 2.40. The lowest BCUT2D eigenvalue weighted by molar-refractivity contribution is 1.14. The fourth-order valence-corrected chi connectivity index (χ4v) is 1.99. The molecule has 0 bridgehead atoms. The molecule has 0 fully saturated rings. The fourth-order valence-electron chi connectivity index (χ4n) is 1.99. The molecule has 2 N–H and O–H groups in total. The minimum atomic E-state index is 0.627. The number of aromatic nitrogens is 1. The second-order valence-corrected chi connectivity index (χ2v) is 4.22. The first kappa shape index (κ1) is 10.7. The van der Waals surface area contributed by atoms with Gasteiger partial charge in [0.25, 0.3) is 0 Å². The zero-order chi connectivity index (χ0) is 11.5. The predicted octanol–water partition coefficient (Wildman–Crippen LogP) is 2.87. The van der Waals surface area contributed by atoms with Gasteiger partial charge in [0.2, 0.25) is 0 Å². The van der Waals surface area contributed by atoms with Crippen molar-refractivity contribution in [2.45, 2.75) is 20.3 Å².